The minimum atomic E-state index is -1.08. The van der Waals surface area contributed by atoms with Crippen molar-refractivity contribution >= 4 is 16.6 Å². The summed E-state index contributed by atoms with van der Waals surface area (Å²) in [5, 5.41) is 64.0. The Morgan fingerprint density at radius 1 is 0.846 bits per heavy atom. The lowest BCUT2D eigenvalue weighted by atomic mass is 9.79. The smallest absolute Gasteiger partial charge is 0.164 e. The number of ketones is 1. The normalized spacial score (nSPS) is 15.4. The maximum Gasteiger partial charge on any atom is 0.164 e. The van der Waals surface area contributed by atoms with Gasteiger partial charge in [-0.25, -0.2) is 0 Å². The van der Waals surface area contributed by atoms with Crippen LogP contribution in [0.5, 0.6) is 28.7 Å². The van der Waals surface area contributed by atoms with Crippen molar-refractivity contribution in [1.82, 2.24) is 15.6 Å². The van der Waals surface area contributed by atoms with Gasteiger partial charge in [-0.15, -0.1) is 0 Å². The third kappa shape index (κ3) is 11.2. The van der Waals surface area contributed by atoms with Gasteiger partial charge in [-0.2, -0.15) is 0 Å². The molecule has 1 saturated carbocycles. The van der Waals surface area contributed by atoms with E-state index in [0.29, 0.717) is 37.1 Å². The Kier molecular flexibility index (Phi) is 15.5. The van der Waals surface area contributed by atoms with E-state index in [0.717, 1.165) is 76.3 Å². The summed E-state index contributed by atoms with van der Waals surface area (Å²) in [4.78, 5) is 18.2. The number of hydrogen-bond donors (Lipinski definition) is 8. The van der Waals surface area contributed by atoms with Crippen LogP contribution >= 0.6 is 0 Å². The van der Waals surface area contributed by atoms with E-state index >= 15 is 4.79 Å². The predicted octanol–water partition coefficient (Wildman–Crippen LogP) is 8.49. The summed E-state index contributed by atoms with van der Waals surface area (Å²) < 4.78 is 11.8. The molecule has 0 amide bonds. The Morgan fingerprint density at radius 3 is 2.34 bits per heavy atom. The molecule has 0 aliphatic heterocycles. The van der Waals surface area contributed by atoms with Crippen molar-refractivity contribution in [1.29, 1.82) is 0 Å². The molecule has 1 aliphatic carbocycles. The number of Topliss-reactive ketones (excluding diaryl/α,β-unsaturated/α-hetero) is 1. The number of ether oxygens (including phenoxy) is 2. The highest BCUT2D eigenvalue weighted by atomic mass is 16.5. The first-order valence-corrected chi connectivity index (χ1v) is 23.0. The van der Waals surface area contributed by atoms with Crippen LogP contribution in [0.25, 0.3) is 10.8 Å². The van der Waals surface area contributed by atoms with Crippen molar-refractivity contribution in [3.05, 3.63) is 148 Å². The first kappa shape index (κ1) is 47.1. The summed E-state index contributed by atoms with van der Waals surface area (Å²) >= 11 is 0. The van der Waals surface area contributed by atoms with Crippen molar-refractivity contribution in [2.45, 2.75) is 102 Å². The maximum atomic E-state index is 15.1. The number of methoxy groups -OCH3 is 1. The number of aromatic nitrogens is 1. The molecule has 8 N–H and O–H groups in total. The van der Waals surface area contributed by atoms with Gasteiger partial charge in [0.15, 0.2) is 23.0 Å². The number of benzene rings is 5. The zero-order valence-electron chi connectivity index (χ0n) is 38.1. The number of hydrogen-bond acceptors (Lipinski definition) is 10. The predicted molar refractivity (Wildman–Crippen MR) is 255 cm³/mol. The first-order chi connectivity index (χ1) is 31.4. The van der Waals surface area contributed by atoms with Crippen LogP contribution in [-0.2, 0) is 42.4 Å². The molecule has 1 aromatic heterocycles. The summed E-state index contributed by atoms with van der Waals surface area (Å²) in [6.45, 7) is 4.16. The van der Waals surface area contributed by atoms with Crippen LogP contribution < -0.4 is 20.1 Å². The maximum absolute atomic E-state index is 15.1. The molecule has 11 heteroatoms. The van der Waals surface area contributed by atoms with E-state index in [1.54, 1.807) is 44.4 Å². The number of phenolic OH excluding ortho intramolecular Hbond substituents is 3. The highest BCUT2D eigenvalue weighted by molar-refractivity contribution is 5.88. The zero-order chi connectivity index (χ0) is 46.1. The molecule has 6 aromatic rings. The summed E-state index contributed by atoms with van der Waals surface area (Å²) in [5.41, 5.74) is 7.01. The van der Waals surface area contributed by atoms with Crippen LogP contribution in [-0.4, -0.2) is 75.9 Å². The highest BCUT2D eigenvalue weighted by Gasteiger charge is 2.36. The number of aryl methyl sites for hydroxylation is 1. The Balaban J connectivity index is 1.24. The van der Waals surface area contributed by atoms with Crippen molar-refractivity contribution in [2.75, 3.05) is 27.4 Å². The summed E-state index contributed by atoms with van der Waals surface area (Å²) in [6, 6.07) is 28.6. The van der Waals surface area contributed by atoms with E-state index in [2.05, 4.69) is 46.8 Å². The number of fused-ring (bicyclic) bond motifs is 1. The molecule has 11 nitrogen and oxygen atoms in total. The van der Waals surface area contributed by atoms with E-state index in [9.17, 15) is 25.5 Å². The molecule has 344 valence electrons. The molecule has 0 bridgehead atoms. The van der Waals surface area contributed by atoms with E-state index in [4.69, 9.17) is 9.47 Å². The van der Waals surface area contributed by atoms with Crippen LogP contribution in [0.2, 0.25) is 0 Å². The van der Waals surface area contributed by atoms with Crippen molar-refractivity contribution < 1.29 is 39.8 Å². The Hall–Kier alpha value is -5.85. The fourth-order valence-electron chi connectivity index (χ4n) is 9.92. The van der Waals surface area contributed by atoms with Gasteiger partial charge in [0.05, 0.1) is 19.3 Å². The molecule has 4 unspecified atom stereocenters. The summed E-state index contributed by atoms with van der Waals surface area (Å²) in [6.07, 6.45) is 8.23. The number of aromatic hydroxyl groups is 3. The van der Waals surface area contributed by atoms with Gasteiger partial charge in [0, 0.05) is 48.8 Å². The zero-order valence-corrected chi connectivity index (χ0v) is 38.1. The second-order valence-corrected chi connectivity index (χ2v) is 17.8. The number of aromatic amines is 1. The quantitative estimate of drug-likeness (QED) is 0.0244. The molecule has 4 atom stereocenters. The lowest BCUT2D eigenvalue weighted by Gasteiger charge is -2.31. The fourth-order valence-corrected chi connectivity index (χ4v) is 9.92. The highest BCUT2D eigenvalue weighted by Crippen LogP contribution is 2.42. The van der Waals surface area contributed by atoms with Crippen LogP contribution in [0.4, 0.5) is 0 Å². The minimum absolute atomic E-state index is 0.0345. The number of carbonyl (C=O) groups is 1. The van der Waals surface area contributed by atoms with Gasteiger partial charge >= 0.3 is 0 Å². The number of phenols is 3. The molecular weight excluding hydrogens is 819 g/mol. The van der Waals surface area contributed by atoms with Crippen molar-refractivity contribution in [2.24, 2.45) is 5.92 Å². The number of aliphatic hydroxyl groups excluding tert-OH is 2. The molecule has 0 saturated heterocycles. The average Bonchev–Trinajstić information content (AvgIpc) is 4.02. The third-order valence-corrected chi connectivity index (χ3v) is 13.5. The number of rotatable bonds is 22. The SMILES string of the molecule is CCc1ccc2ccccc2c1Cc1c(CC(Cc2cc[nH]c2)C(O)CC(=O)C(Cc2ccc(O)c(OCNCC(C)O)c2)c2cc(O)cc(C3(NC)CCCC3)c2)ccc(O)c1OC. The second kappa shape index (κ2) is 21.4. The Bertz CT molecular complexity index is 2530. The first-order valence-electron chi connectivity index (χ1n) is 23.0. The standard InChI is InChI=1S/C54H65N3O8/c1-5-37-13-14-38-10-6-7-11-44(38)45(37)29-47-39(15-17-49(61)53(47)64-4)25-41(22-36-18-21-56-32-36)50(62)30-51(63)46(23-35-12-16-48(60)52(24-35)65-33-57-31-34(2)58)40-26-42(28-43(59)27-40)54(55-3)19-8-9-20-54/h6-7,10-18,21,24,26-28,32,34,41,46,50,55-62H,5,8-9,19-20,22-23,25,29-31,33H2,1-4H3. The van der Waals surface area contributed by atoms with Gasteiger partial charge in [0.1, 0.15) is 18.3 Å². The molecule has 0 spiro atoms. The van der Waals surface area contributed by atoms with E-state index in [1.165, 1.54) is 11.6 Å². The van der Waals surface area contributed by atoms with Gasteiger partial charge in [-0.1, -0.05) is 74.4 Å². The van der Waals surface area contributed by atoms with Crippen LogP contribution in [0.15, 0.2) is 103 Å². The van der Waals surface area contributed by atoms with Gasteiger partial charge in [0.25, 0.3) is 0 Å². The van der Waals surface area contributed by atoms with Crippen molar-refractivity contribution in [3.8, 4) is 28.7 Å². The van der Waals surface area contributed by atoms with Gasteiger partial charge in [0.2, 0.25) is 0 Å². The molecule has 1 heterocycles. The van der Waals surface area contributed by atoms with Gasteiger partial charge in [-0.05, 0) is 145 Å². The number of carbonyl (C=O) groups excluding carboxylic acids is 1. The second-order valence-electron chi connectivity index (χ2n) is 17.8. The molecule has 1 fully saturated rings. The third-order valence-electron chi connectivity index (χ3n) is 13.5. The van der Waals surface area contributed by atoms with Gasteiger partial charge in [-0.3, -0.25) is 10.1 Å². The topological polar surface area (TPSA) is 177 Å². The average molecular weight is 884 g/mol. The Labute approximate surface area is 382 Å². The largest absolute Gasteiger partial charge is 0.508 e. The van der Waals surface area contributed by atoms with Gasteiger partial charge < -0.3 is 45.3 Å². The lowest BCUT2D eigenvalue weighted by Crippen LogP contribution is -2.37. The number of H-pyrrole nitrogens is 1. The molecule has 65 heavy (non-hydrogen) atoms. The lowest BCUT2D eigenvalue weighted by molar-refractivity contribution is -0.123. The Morgan fingerprint density at radius 2 is 1.62 bits per heavy atom. The van der Waals surface area contributed by atoms with E-state index in [-0.39, 0.29) is 53.9 Å². The van der Waals surface area contributed by atoms with Crippen LogP contribution in [0.1, 0.15) is 96.4 Å². The van der Waals surface area contributed by atoms with E-state index < -0.39 is 24.0 Å². The molecule has 7 rings (SSSR count). The van der Waals surface area contributed by atoms with Crippen LogP contribution in [0.3, 0.4) is 0 Å². The monoisotopic (exact) mass is 883 g/mol. The number of nitrogens with one attached hydrogen (secondary N) is 3. The van der Waals surface area contributed by atoms with E-state index in [1.807, 2.05) is 49.8 Å². The summed E-state index contributed by atoms with van der Waals surface area (Å²) in [5.74, 6) is -0.737. The summed E-state index contributed by atoms with van der Waals surface area (Å²) in [7, 11) is 3.50. The molecule has 1 aliphatic rings. The fraction of sp³-hybridized carbons (Fsp3) is 0.389. The minimum Gasteiger partial charge on any atom is -0.508 e. The number of aliphatic hydroxyl groups is 2. The molecule has 0 radical (unpaired) electrons. The molecule has 5 aromatic carbocycles. The van der Waals surface area contributed by atoms with Crippen LogP contribution in [0, 0.1) is 5.92 Å². The molecular formula is C54H65N3O8. The van der Waals surface area contributed by atoms with Crippen molar-refractivity contribution in [3.63, 3.8) is 0 Å².